The number of likely N-dealkylation sites (tertiary alicyclic amines) is 1. The van der Waals surface area contributed by atoms with Crippen LogP contribution in [-0.4, -0.2) is 62.1 Å². The van der Waals surface area contributed by atoms with Crippen molar-refractivity contribution in [1.29, 1.82) is 0 Å². The van der Waals surface area contributed by atoms with Gasteiger partial charge in [0.2, 0.25) is 10.0 Å². The molecule has 1 fully saturated rings. The molecule has 0 aromatic heterocycles. The molecule has 0 saturated carbocycles. The first-order valence-corrected chi connectivity index (χ1v) is 16.7. The minimum absolute atomic E-state index is 0.0649. The number of hydrogen-bond donors (Lipinski definition) is 3. The van der Waals surface area contributed by atoms with Crippen molar-refractivity contribution >= 4 is 33.3 Å². The predicted octanol–water partition coefficient (Wildman–Crippen LogP) is 5.83. The van der Waals surface area contributed by atoms with E-state index in [2.05, 4.69) is 14.9 Å². The summed E-state index contributed by atoms with van der Waals surface area (Å²) in [6, 6.07) is 13.8. The Bertz CT molecular complexity index is 1630. The van der Waals surface area contributed by atoms with Crippen LogP contribution < -0.4 is 20.5 Å². The number of nitrogens with two attached hydrogens (primary N) is 1. The summed E-state index contributed by atoms with van der Waals surface area (Å²) >= 11 is 0. The van der Waals surface area contributed by atoms with E-state index in [0.29, 0.717) is 29.8 Å². The van der Waals surface area contributed by atoms with Gasteiger partial charge in [-0.15, -0.1) is 0 Å². The van der Waals surface area contributed by atoms with Gasteiger partial charge in [0.25, 0.3) is 5.91 Å². The van der Waals surface area contributed by atoms with Crippen LogP contribution in [0.5, 0.6) is 11.5 Å². The standard InChI is InChI=1S/C32H39F2N5O5S/c1-4-5-14-39(32(41)36-29-18-26(31(35)40)27(33)19-28(29)34)24-12-15-38(16-13-24)20-22-6-9-25(10-7-22)44-30-11-8-23(17-21(30)2)37-45(3,42)43/h6-11,17-19,24,37H,4-5,12-16,20H2,1-3H3,(H2,35,40)(H,36,41). The summed E-state index contributed by atoms with van der Waals surface area (Å²) in [5, 5.41) is 2.51. The van der Waals surface area contributed by atoms with E-state index in [1.165, 1.54) is 0 Å². The highest BCUT2D eigenvalue weighted by molar-refractivity contribution is 7.92. The van der Waals surface area contributed by atoms with E-state index < -0.39 is 39.2 Å². The van der Waals surface area contributed by atoms with Gasteiger partial charge in [-0.2, -0.15) is 0 Å². The number of anilines is 2. The lowest BCUT2D eigenvalue weighted by molar-refractivity contribution is 0.0996. The number of halogens is 2. The molecule has 1 aliphatic heterocycles. The fourth-order valence-electron chi connectivity index (χ4n) is 5.28. The molecule has 1 heterocycles. The second-order valence-corrected chi connectivity index (χ2v) is 13.0. The number of carbonyl (C=O) groups excluding carboxylic acids is 2. The Morgan fingerprint density at radius 3 is 2.33 bits per heavy atom. The topological polar surface area (TPSA) is 134 Å². The first kappa shape index (κ1) is 33.7. The Kier molecular flexibility index (Phi) is 11.0. The van der Waals surface area contributed by atoms with Crippen LogP contribution in [0.4, 0.5) is 25.0 Å². The molecule has 0 aliphatic carbocycles. The molecule has 0 unspecified atom stereocenters. The summed E-state index contributed by atoms with van der Waals surface area (Å²) in [6.45, 7) is 6.57. The predicted molar refractivity (Wildman–Crippen MR) is 170 cm³/mol. The minimum Gasteiger partial charge on any atom is -0.457 e. The quantitative estimate of drug-likeness (QED) is 0.227. The van der Waals surface area contributed by atoms with Gasteiger partial charge < -0.3 is 20.7 Å². The highest BCUT2D eigenvalue weighted by atomic mass is 32.2. The molecule has 3 amide bonds. The van der Waals surface area contributed by atoms with Crippen LogP contribution in [-0.2, 0) is 16.6 Å². The van der Waals surface area contributed by atoms with E-state index in [1.54, 1.807) is 23.1 Å². The van der Waals surface area contributed by atoms with Crippen LogP contribution in [0.3, 0.4) is 0 Å². The largest absolute Gasteiger partial charge is 0.457 e. The zero-order valence-electron chi connectivity index (χ0n) is 25.6. The smallest absolute Gasteiger partial charge is 0.322 e. The van der Waals surface area contributed by atoms with Gasteiger partial charge in [0, 0.05) is 44.0 Å². The first-order valence-electron chi connectivity index (χ1n) is 14.8. The van der Waals surface area contributed by atoms with Gasteiger partial charge in [0.15, 0.2) is 0 Å². The zero-order valence-corrected chi connectivity index (χ0v) is 26.4. The number of aryl methyl sites for hydroxylation is 1. The lowest BCUT2D eigenvalue weighted by Crippen LogP contribution is -2.49. The van der Waals surface area contributed by atoms with Crippen molar-refractivity contribution in [2.75, 3.05) is 35.9 Å². The van der Waals surface area contributed by atoms with Gasteiger partial charge in [-0.05, 0) is 73.7 Å². The molecule has 1 saturated heterocycles. The lowest BCUT2D eigenvalue weighted by Gasteiger charge is -2.38. The van der Waals surface area contributed by atoms with Crippen molar-refractivity contribution in [2.45, 2.75) is 52.1 Å². The highest BCUT2D eigenvalue weighted by Crippen LogP contribution is 2.29. The number of piperidine rings is 1. The molecule has 3 aromatic rings. The Morgan fingerprint density at radius 1 is 1.04 bits per heavy atom. The summed E-state index contributed by atoms with van der Waals surface area (Å²) in [7, 11) is -3.37. The fraction of sp³-hybridized carbons (Fsp3) is 0.375. The lowest BCUT2D eigenvalue weighted by atomic mass is 10.0. The first-order chi connectivity index (χ1) is 21.3. The highest BCUT2D eigenvalue weighted by Gasteiger charge is 2.28. The number of primary amides is 1. The van der Waals surface area contributed by atoms with Crippen molar-refractivity contribution in [3.63, 3.8) is 0 Å². The van der Waals surface area contributed by atoms with Gasteiger partial charge in [-0.1, -0.05) is 25.5 Å². The number of sulfonamides is 1. The summed E-state index contributed by atoms with van der Waals surface area (Å²) < 4.78 is 59.8. The van der Waals surface area contributed by atoms with Crippen LogP contribution in [0.1, 0.15) is 54.1 Å². The van der Waals surface area contributed by atoms with Crippen LogP contribution in [0, 0.1) is 18.6 Å². The SMILES string of the molecule is CCCCN(C(=O)Nc1cc(C(N)=O)c(F)cc1F)C1CCN(Cc2ccc(Oc3ccc(NS(C)(=O)=O)cc3C)cc2)CC1. The summed E-state index contributed by atoms with van der Waals surface area (Å²) in [5.74, 6) is -1.84. The van der Waals surface area contributed by atoms with E-state index in [9.17, 15) is 26.8 Å². The van der Waals surface area contributed by atoms with Gasteiger partial charge >= 0.3 is 6.03 Å². The van der Waals surface area contributed by atoms with Gasteiger partial charge in [-0.3, -0.25) is 14.4 Å². The van der Waals surface area contributed by atoms with E-state index in [1.807, 2.05) is 38.1 Å². The monoisotopic (exact) mass is 643 g/mol. The van der Waals surface area contributed by atoms with Crippen molar-refractivity contribution in [2.24, 2.45) is 5.73 Å². The van der Waals surface area contributed by atoms with E-state index in [0.717, 1.165) is 68.8 Å². The molecular formula is C32H39F2N5O5S. The number of amides is 3. The van der Waals surface area contributed by atoms with Gasteiger partial charge in [0.05, 0.1) is 17.5 Å². The van der Waals surface area contributed by atoms with E-state index in [-0.39, 0.29) is 11.7 Å². The average molecular weight is 644 g/mol. The molecule has 3 aromatic carbocycles. The maximum Gasteiger partial charge on any atom is 0.322 e. The molecular weight excluding hydrogens is 604 g/mol. The van der Waals surface area contributed by atoms with Crippen LogP contribution in [0.15, 0.2) is 54.6 Å². The fourth-order valence-corrected chi connectivity index (χ4v) is 5.83. The van der Waals surface area contributed by atoms with Crippen molar-refractivity contribution in [3.05, 3.63) is 82.9 Å². The molecule has 45 heavy (non-hydrogen) atoms. The average Bonchev–Trinajstić information content (AvgIpc) is 2.97. The van der Waals surface area contributed by atoms with Crippen molar-refractivity contribution in [3.8, 4) is 11.5 Å². The normalized spacial score (nSPS) is 14.2. The number of carbonyl (C=O) groups is 2. The number of unbranched alkanes of at least 4 members (excludes halogenated alkanes) is 1. The number of urea groups is 1. The van der Waals surface area contributed by atoms with Gasteiger partial charge in [0.1, 0.15) is 23.1 Å². The number of benzene rings is 3. The van der Waals surface area contributed by atoms with Crippen LogP contribution in [0.2, 0.25) is 0 Å². The Hall–Kier alpha value is -4.23. The molecule has 0 atom stereocenters. The molecule has 4 rings (SSSR count). The number of nitrogens with one attached hydrogen (secondary N) is 2. The molecule has 0 radical (unpaired) electrons. The van der Waals surface area contributed by atoms with Crippen LogP contribution in [0.25, 0.3) is 0 Å². The Labute approximate surface area is 262 Å². The molecule has 1 aliphatic rings. The molecule has 0 spiro atoms. The summed E-state index contributed by atoms with van der Waals surface area (Å²) in [5.41, 5.74) is 6.76. The van der Waals surface area contributed by atoms with Crippen molar-refractivity contribution < 1.29 is 31.5 Å². The number of rotatable bonds is 12. The summed E-state index contributed by atoms with van der Waals surface area (Å²) in [4.78, 5) is 28.8. The number of hydrogen-bond acceptors (Lipinski definition) is 6. The van der Waals surface area contributed by atoms with Crippen LogP contribution >= 0.6 is 0 Å². The molecule has 4 N–H and O–H groups in total. The van der Waals surface area contributed by atoms with E-state index >= 15 is 0 Å². The second kappa shape index (κ2) is 14.7. The maximum atomic E-state index is 14.4. The van der Waals surface area contributed by atoms with Crippen molar-refractivity contribution in [1.82, 2.24) is 9.80 Å². The summed E-state index contributed by atoms with van der Waals surface area (Å²) in [6.07, 6.45) is 4.18. The maximum absolute atomic E-state index is 14.4. The zero-order chi connectivity index (χ0) is 32.7. The Balaban J connectivity index is 1.33. The minimum atomic E-state index is -3.37. The van der Waals surface area contributed by atoms with E-state index in [4.69, 9.17) is 10.5 Å². The third-order valence-corrected chi connectivity index (χ3v) is 8.22. The van der Waals surface area contributed by atoms with Gasteiger partial charge in [-0.25, -0.2) is 22.0 Å². The third-order valence-electron chi connectivity index (χ3n) is 7.61. The number of ether oxygens (including phenoxy) is 1. The number of nitrogens with zero attached hydrogens (tertiary/aromatic N) is 2. The molecule has 242 valence electrons. The molecule has 13 heteroatoms. The molecule has 0 bridgehead atoms. The Morgan fingerprint density at radius 2 is 1.73 bits per heavy atom. The molecule has 10 nitrogen and oxygen atoms in total. The third kappa shape index (κ3) is 9.38. The second-order valence-electron chi connectivity index (χ2n) is 11.3.